The molecule has 0 aliphatic heterocycles. The van der Waals surface area contributed by atoms with E-state index in [0.29, 0.717) is 29.9 Å². The molecule has 0 bridgehead atoms. The fourth-order valence-electron chi connectivity index (χ4n) is 4.20. The molecule has 0 atom stereocenters. The standard InChI is InChI=1S/C29H23FN2O2S/c1-19-31-27(22-13-8-14-24(30)28(22)33)23(16-15-20-9-4-2-5-10-20)29(34)32(19)26-18-17-25(35-26)21-11-6-3-7-12-21/h2-14,17-18,33H,15-16H2,1H3. The van der Waals surface area contributed by atoms with Crippen molar-refractivity contribution in [3.63, 3.8) is 0 Å². The maximum atomic E-state index is 14.2. The second-order valence-electron chi connectivity index (χ2n) is 8.25. The summed E-state index contributed by atoms with van der Waals surface area (Å²) in [5.74, 6) is -0.774. The number of benzene rings is 3. The number of rotatable bonds is 6. The molecule has 174 valence electrons. The molecule has 0 unspecified atom stereocenters. The van der Waals surface area contributed by atoms with E-state index < -0.39 is 11.6 Å². The Balaban J connectivity index is 1.65. The Bertz CT molecular complexity index is 1540. The first-order chi connectivity index (χ1) is 17.0. The minimum absolute atomic E-state index is 0.214. The summed E-state index contributed by atoms with van der Waals surface area (Å²) in [4.78, 5) is 19.7. The number of nitrogens with zero attached hydrogens (tertiary/aromatic N) is 2. The summed E-state index contributed by atoms with van der Waals surface area (Å²) < 4.78 is 15.8. The maximum Gasteiger partial charge on any atom is 0.262 e. The first-order valence-electron chi connectivity index (χ1n) is 11.3. The third-order valence-corrected chi connectivity index (χ3v) is 7.08. The van der Waals surface area contributed by atoms with Crippen LogP contribution >= 0.6 is 11.3 Å². The molecule has 2 heterocycles. The molecule has 0 fully saturated rings. The lowest BCUT2D eigenvalue weighted by Gasteiger charge is -2.15. The lowest BCUT2D eigenvalue weighted by molar-refractivity contribution is 0.434. The number of hydrogen-bond donors (Lipinski definition) is 1. The number of aromatic hydroxyl groups is 1. The van der Waals surface area contributed by atoms with Crippen molar-refractivity contribution in [3.05, 3.63) is 124 Å². The van der Waals surface area contributed by atoms with Gasteiger partial charge in [-0.15, -0.1) is 11.3 Å². The lowest BCUT2D eigenvalue weighted by Crippen LogP contribution is -2.26. The van der Waals surface area contributed by atoms with E-state index in [1.54, 1.807) is 17.6 Å². The number of aromatic nitrogens is 2. The molecular formula is C29H23FN2O2S. The smallest absolute Gasteiger partial charge is 0.262 e. The minimum Gasteiger partial charge on any atom is -0.504 e. The lowest BCUT2D eigenvalue weighted by atomic mass is 9.99. The van der Waals surface area contributed by atoms with Crippen LogP contribution in [0.4, 0.5) is 4.39 Å². The molecule has 6 heteroatoms. The molecule has 5 aromatic rings. The van der Waals surface area contributed by atoms with E-state index in [9.17, 15) is 14.3 Å². The van der Waals surface area contributed by atoms with E-state index in [2.05, 4.69) is 0 Å². The number of phenolic OH excluding ortho intramolecular Hbond substituents is 1. The Labute approximate surface area is 206 Å². The first kappa shape index (κ1) is 22.7. The molecule has 0 aliphatic rings. The highest BCUT2D eigenvalue weighted by atomic mass is 32.1. The molecule has 0 radical (unpaired) electrons. The molecule has 35 heavy (non-hydrogen) atoms. The second-order valence-corrected chi connectivity index (χ2v) is 9.31. The molecular weight excluding hydrogens is 459 g/mol. The average molecular weight is 483 g/mol. The molecule has 0 spiro atoms. The third kappa shape index (κ3) is 4.53. The predicted molar refractivity (Wildman–Crippen MR) is 139 cm³/mol. The van der Waals surface area contributed by atoms with Gasteiger partial charge in [-0.3, -0.25) is 9.36 Å². The van der Waals surface area contributed by atoms with Gasteiger partial charge in [-0.2, -0.15) is 0 Å². The molecule has 0 aliphatic carbocycles. The number of halogens is 1. The van der Waals surface area contributed by atoms with Crippen molar-refractivity contribution < 1.29 is 9.50 Å². The average Bonchev–Trinajstić information content (AvgIpc) is 3.36. The fourth-order valence-corrected chi connectivity index (χ4v) is 5.25. The molecule has 2 aromatic heterocycles. The topological polar surface area (TPSA) is 55.1 Å². The summed E-state index contributed by atoms with van der Waals surface area (Å²) in [6.07, 6.45) is 1.02. The van der Waals surface area contributed by atoms with Crippen LogP contribution in [0.5, 0.6) is 5.75 Å². The number of hydrogen-bond acceptors (Lipinski definition) is 4. The molecule has 5 rings (SSSR count). The molecule has 4 nitrogen and oxygen atoms in total. The van der Waals surface area contributed by atoms with Gasteiger partial charge in [-0.05, 0) is 55.2 Å². The van der Waals surface area contributed by atoms with Crippen LogP contribution in [0.25, 0.3) is 26.7 Å². The highest BCUT2D eigenvalue weighted by Gasteiger charge is 2.21. The van der Waals surface area contributed by atoms with Crippen LogP contribution in [0.15, 0.2) is 95.8 Å². The van der Waals surface area contributed by atoms with E-state index in [0.717, 1.165) is 21.0 Å². The van der Waals surface area contributed by atoms with Crippen LogP contribution in [0.3, 0.4) is 0 Å². The van der Waals surface area contributed by atoms with Gasteiger partial charge in [0.05, 0.1) is 5.69 Å². The summed E-state index contributed by atoms with van der Waals surface area (Å²) in [6, 6.07) is 28.1. The third-order valence-electron chi connectivity index (χ3n) is 5.96. The summed E-state index contributed by atoms with van der Waals surface area (Å²) >= 11 is 1.51. The monoisotopic (exact) mass is 482 g/mol. The van der Waals surface area contributed by atoms with Gasteiger partial charge in [0.25, 0.3) is 5.56 Å². The zero-order valence-corrected chi connectivity index (χ0v) is 19.9. The van der Waals surface area contributed by atoms with Gasteiger partial charge in [-0.1, -0.05) is 66.7 Å². The van der Waals surface area contributed by atoms with Crippen molar-refractivity contribution in [3.8, 4) is 32.4 Å². The van der Waals surface area contributed by atoms with Gasteiger partial charge < -0.3 is 5.11 Å². The summed E-state index contributed by atoms with van der Waals surface area (Å²) in [7, 11) is 0. The van der Waals surface area contributed by atoms with Crippen molar-refractivity contribution in [2.24, 2.45) is 0 Å². The number of para-hydroxylation sites is 1. The maximum absolute atomic E-state index is 14.2. The summed E-state index contributed by atoms with van der Waals surface area (Å²) in [5, 5.41) is 11.2. The van der Waals surface area contributed by atoms with Crippen LogP contribution in [0, 0.1) is 12.7 Å². The SMILES string of the molecule is Cc1nc(-c2cccc(F)c2O)c(CCc2ccccc2)c(=O)n1-c1ccc(-c2ccccc2)s1. The van der Waals surface area contributed by atoms with Crippen LogP contribution < -0.4 is 5.56 Å². The van der Waals surface area contributed by atoms with Crippen molar-refractivity contribution in [2.45, 2.75) is 19.8 Å². The predicted octanol–water partition coefficient (Wildman–Crippen LogP) is 6.57. The van der Waals surface area contributed by atoms with E-state index in [1.165, 1.54) is 23.5 Å². The molecule has 0 amide bonds. The quantitative estimate of drug-likeness (QED) is 0.298. The van der Waals surface area contributed by atoms with Gasteiger partial charge >= 0.3 is 0 Å². The molecule has 0 saturated heterocycles. The number of thiophene rings is 1. The highest BCUT2D eigenvalue weighted by Crippen LogP contribution is 2.34. The summed E-state index contributed by atoms with van der Waals surface area (Å²) in [5.41, 5.74) is 2.92. The molecule has 3 aromatic carbocycles. The number of phenols is 1. The zero-order chi connectivity index (χ0) is 24.4. The van der Waals surface area contributed by atoms with Gasteiger partial charge in [0, 0.05) is 16.0 Å². The van der Waals surface area contributed by atoms with Gasteiger partial charge in [0.1, 0.15) is 10.8 Å². The van der Waals surface area contributed by atoms with Gasteiger partial charge in [0.2, 0.25) is 0 Å². The van der Waals surface area contributed by atoms with Crippen LogP contribution in [0.1, 0.15) is 17.0 Å². The Morgan fingerprint density at radius 3 is 2.34 bits per heavy atom. The molecule has 1 N–H and O–H groups in total. The largest absolute Gasteiger partial charge is 0.504 e. The van der Waals surface area contributed by atoms with Crippen molar-refractivity contribution in [2.75, 3.05) is 0 Å². The molecule has 0 saturated carbocycles. The first-order valence-corrected chi connectivity index (χ1v) is 12.1. The van der Waals surface area contributed by atoms with E-state index in [1.807, 2.05) is 72.8 Å². The highest BCUT2D eigenvalue weighted by molar-refractivity contribution is 7.17. The van der Waals surface area contributed by atoms with Gasteiger partial charge in [-0.25, -0.2) is 9.37 Å². The van der Waals surface area contributed by atoms with Gasteiger partial charge in [0.15, 0.2) is 11.6 Å². The van der Waals surface area contributed by atoms with Crippen LogP contribution in [-0.2, 0) is 12.8 Å². The Hall–Kier alpha value is -4.03. The van der Waals surface area contributed by atoms with Crippen LogP contribution in [0.2, 0.25) is 0 Å². The van der Waals surface area contributed by atoms with E-state index in [4.69, 9.17) is 4.98 Å². The Kier molecular flexibility index (Phi) is 6.29. The normalized spacial score (nSPS) is 11.0. The minimum atomic E-state index is -0.745. The Morgan fingerprint density at radius 1 is 0.886 bits per heavy atom. The zero-order valence-electron chi connectivity index (χ0n) is 19.1. The van der Waals surface area contributed by atoms with Crippen molar-refractivity contribution >= 4 is 11.3 Å². The Morgan fingerprint density at radius 2 is 1.60 bits per heavy atom. The van der Waals surface area contributed by atoms with Crippen LogP contribution in [-0.4, -0.2) is 14.7 Å². The second kappa shape index (κ2) is 9.68. The van der Waals surface area contributed by atoms with E-state index in [-0.39, 0.29) is 11.1 Å². The van der Waals surface area contributed by atoms with Crippen molar-refractivity contribution in [1.82, 2.24) is 9.55 Å². The fraction of sp³-hybridized carbons (Fsp3) is 0.103. The summed E-state index contributed by atoms with van der Waals surface area (Å²) in [6.45, 7) is 1.75. The van der Waals surface area contributed by atoms with E-state index >= 15 is 0 Å². The number of aryl methyl sites for hydroxylation is 2. The van der Waals surface area contributed by atoms with Crippen molar-refractivity contribution in [1.29, 1.82) is 0 Å².